The van der Waals surface area contributed by atoms with Gasteiger partial charge in [-0.25, -0.2) is 9.79 Å². The van der Waals surface area contributed by atoms with Gasteiger partial charge in [-0.15, -0.1) is 0 Å². The molecule has 0 unspecified atom stereocenters. The molecule has 0 saturated carbocycles. The summed E-state index contributed by atoms with van der Waals surface area (Å²) >= 11 is 9.69. The van der Waals surface area contributed by atoms with Crippen molar-refractivity contribution in [3.63, 3.8) is 0 Å². The van der Waals surface area contributed by atoms with Crippen LogP contribution < -0.4 is 29.1 Å². The van der Waals surface area contributed by atoms with Gasteiger partial charge in [0.05, 0.1) is 46.6 Å². The molecule has 0 bridgehead atoms. The molecule has 1 aromatic heterocycles. The average Bonchev–Trinajstić information content (AvgIpc) is 3.21. The van der Waals surface area contributed by atoms with Gasteiger partial charge in [0.2, 0.25) is 0 Å². The second kappa shape index (κ2) is 12.4. The van der Waals surface area contributed by atoms with Crippen LogP contribution in [0.25, 0.3) is 6.08 Å². The van der Waals surface area contributed by atoms with E-state index in [1.807, 2.05) is 26.8 Å². The van der Waals surface area contributed by atoms with Gasteiger partial charge in [0, 0.05) is 16.8 Å². The van der Waals surface area contributed by atoms with Gasteiger partial charge < -0.3 is 18.9 Å². The summed E-state index contributed by atoms with van der Waals surface area (Å²) in [6, 6.07) is 8.15. The minimum absolute atomic E-state index is 0.227. The first-order valence-electron chi connectivity index (χ1n) is 11.9. The van der Waals surface area contributed by atoms with Crippen LogP contribution in [0.5, 0.6) is 17.2 Å². The average molecular weight is 669 g/mol. The topological polar surface area (TPSA) is 88.4 Å². The van der Waals surface area contributed by atoms with Gasteiger partial charge in [-0.05, 0) is 79.3 Å². The standard InChI is InChI=1S/C27H26ClIN2O6S/c1-5-35-20-9-8-15(11-21(20)36-6-2)23-18(26(33)34-4)14-30-27-31(23)25(32)22(38-27)12-16-10-17(28)13-19(29)24(16)37-7-3/h8-14,23H,5-7H2,1-4H3/b22-12+/t23-/m1/s1. The number of carbonyl (C=O) groups is 1. The summed E-state index contributed by atoms with van der Waals surface area (Å²) < 4.78 is 25.1. The summed E-state index contributed by atoms with van der Waals surface area (Å²) in [5.41, 5.74) is 1.25. The maximum atomic E-state index is 13.8. The third kappa shape index (κ3) is 5.62. The molecule has 0 aliphatic carbocycles. The number of rotatable bonds is 9. The molecule has 8 nitrogen and oxygen atoms in total. The number of hydrogen-bond acceptors (Lipinski definition) is 8. The lowest BCUT2D eigenvalue weighted by atomic mass is 9.97. The SMILES string of the molecule is CCOc1ccc([C@@H]2C(C(=O)OC)=CN=c3s/c(=C/c4cc(Cl)cc(I)c4OCC)c(=O)n32)cc1OCC. The van der Waals surface area contributed by atoms with Crippen molar-refractivity contribution in [2.75, 3.05) is 26.9 Å². The van der Waals surface area contributed by atoms with Gasteiger partial charge in [-0.2, -0.15) is 0 Å². The monoisotopic (exact) mass is 668 g/mol. The van der Waals surface area contributed by atoms with Crippen molar-refractivity contribution in [2.45, 2.75) is 26.8 Å². The maximum absolute atomic E-state index is 13.8. The van der Waals surface area contributed by atoms with E-state index in [4.69, 9.17) is 30.5 Å². The summed E-state index contributed by atoms with van der Waals surface area (Å²) in [5, 5.41) is 0.528. The second-order valence-electron chi connectivity index (χ2n) is 7.99. The lowest BCUT2D eigenvalue weighted by molar-refractivity contribution is -0.136. The van der Waals surface area contributed by atoms with E-state index >= 15 is 0 Å². The molecule has 0 spiro atoms. The van der Waals surface area contributed by atoms with Gasteiger partial charge >= 0.3 is 5.97 Å². The van der Waals surface area contributed by atoms with Crippen LogP contribution in [0.2, 0.25) is 5.02 Å². The van der Waals surface area contributed by atoms with Crippen LogP contribution in [-0.4, -0.2) is 37.5 Å². The number of ether oxygens (including phenoxy) is 4. The number of hydrogen-bond donors (Lipinski definition) is 0. The van der Waals surface area contributed by atoms with Gasteiger partial charge in [0.15, 0.2) is 16.3 Å². The second-order valence-corrected chi connectivity index (χ2v) is 10.6. The molecule has 1 atom stereocenters. The first-order valence-corrected chi connectivity index (χ1v) is 14.2. The molecule has 1 aliphatic heterocycles. The lowest BCUT2D eigenvalue weighted by Gasteiger charge is -2.23. The number of esters is 1. The Hall–Kier alpha value is -2.83. The Kier molecular flexibility index (Phi) is 9.16. The number of fused-ring (bicyclic) bond motifs is 1. The van der Waals surface area contributed by atoms with E-state index in [-0.39, 0.29) is 11.1 Å². The van der Waals surface area contributed by atoms with E-state index in [1.165, 1.54) is 29.2 Å². The zero-order valence-electron chi connectivity index (χ0n) is 21.2. The summed E-state index contributed by atoms with van der Waals surface area (Å²) in [7, 11) is 1.30. The maximum Gasteiger partial charge on any atom is 0.337 e. The highest BCUT2D eigenvalue weighted by Crippen LogP contribution is 2.35. The van der Waals surface area contributed by atoms with Gasteiger partial charge in [0.25, 0.3) is 5.56 Å². The van der Waals surface area contributed by atoms with Crippen LogP contribution in [0.15, 0.2) is 51.9 Å². The number of carbonyl (C=O) groups excluding carboxylic acids is 1. The predicted octanol–water partition coefficient (Wildman–Crippen LogP) is 4.47. The zero-order chi connectivity index (χ0) is 27.4. The van der Waals surface area contributed by atoms with Crippen LogP contribution in [-0.2, 0) is 9.53 Å². The summed E-state index contributed by atoms with van der Waals surface area (Å²) in [6.45, 7) is 7.00. The molecule has 4 rings (SSSR count). The molecular weight excluding hydrogens is 643 g/mol. The Labute approximate surface area is 242 Å². The van der Waals surface area contributed by atoms with E-state index in [1.54, 1.807) is 30.3 Å². The molecule has 200 valence electrons. The smallest absolute Gasteiger partial charge is 0.337 e. The summed E-state index contributed by atoms with van der Waals surface area (Å²) in [4.78, 5) is 31.5. The zero-order valence-corrected chi connectivity index (χ0v) is 25.0. The van der Waals surface area contributed by atoms with Gasteiger partial charge in [-0.3, -0.25) is 9.36 Å². The van der Waals surface area contributed by atoms with E-state index in [2.05, 4.69) is 27.6 Å². The summed E-state index contributed by atoms with van der Waals surface area (Å²) in [5.74, 6) is 1.16. The first kappa shape index (κ1) is 28.2. The van der Waals surface area contributed by atoms with E-state index in [0.717, 1.165) is 3.57 Å². The van der Waals surface area contributed by atoms with Crippen molar-refractivity contribution in [1.29, 1.82) is 0 Å². The molecule has 0 saturated heterocycles. The molecule has 2 aromatic carbocycles. The first-order chi connectivity index (χ1) is 18.3. The van der Waals surface area contributed by atoms with Crippen molar-refractivity contribution < 1.29 is 23.7 Å². The third-order valence-corrected chi connectivity index (χ3v) is 7.64. The molecule has 3 aromatic rings. The number of nitrogens with zero attached hydrogens (tertiary/aromatic N) is 2. The van der Waals surface area contributed by atoms with Crippen molar-refractivity contribution in [3.05, 3.63) is 81.5 Å². The van der Waals surface area contributed by atoms with E-state index in [9.17, 15) is 9.59 Å². The van der Waals surface area contributed by atoms with Crippen LogP contribution >= 0.6 is 45.5 Å². The van der Waals surface area contributed by atoms with Gasteiger partial charge in [0.1, 0.15) is 5.75 Å². The molecular formula is C27H26ClIN2O6S. The Balaban J connectivity index is 1.94. The fourth-order valence-corrected chi connectivity index (χ4v) is 6.29. The van der Waals surface area contributed by atoms with Crippen LogP contribution in [0.4, 0.5) is 0 Å². The number of aromatic nitrogens is 1. The normalized spacial score (nSPS) is 14.8. The Morgan fingerprint density at radius 1 is 1.11 bits per heavy atom. The number of thiazole rings is 1. The number of benzene rings is 2. The molecule has 38 heavy (non-hydrogen) atoms. The Morgan fingerprint density at radius 3 is 2.50 bits per heavy atom. The minimum atomic E-state index is -0.776. The molecule has 1 aliphatic rings. The quantitative estimate of drug-likeness (QED) is 0.247. The molecule has 0 N–H and O–H groups in total. The van der Waals surface area contributed by atoms with Crippen molar-refractivity contribution >= 4 is 57.6 Å². The highest BCUT2D eigenvalue weighted by molar-refractivity contribution is 14.1. The summed E-state index contributed by atoms with van der Waals surface area (Å²) in [6.07, 6.45) is 3.20. The lowest BCUT2D eigenvalue weighted by Crippen LogP contribution is -2.39. The Morgan fingerprint density at radius 2 is 1.82 bits per heavy atom. The van der Waals surface area contributed by atoms with Crippen molar-refractivity contribution in [2.24, 2.45) is 4.99 Å². The largest absolute Gasteiger partial charge is 0.492 e. The molecule has 0 radical (unpaired) electrons. The van der Waals surface area contributed by atoms with Crippen molar-refractivity contribution in [3.8, 4) is 17.2 Å². The minimum Gasteiger partial charge on any atom is -0.492 e. The molecule has 0 amide bonds. The fraction of sp³-hybridized carbons (Fsp3) is 0.296. The number of halogens is 2. The Bertz CT molecular complexity index is 1580. The number of methoxy groups -OCH3 is 1. The van der Waals surface area contributed by atoms with Crippen LogP contribution in [0.1, 0.15) is 37.9 Å². The van der Waals surface area contributed by atoms with Crippen molar-refractivity contribution in [1.82, 2.24) is 4.57 Å². The molecule has 0 fully saturated rings. The van der Waals surface area contributed by atoms with Gasteiger partial charge in [-0.1, -0.05) is 29.0 Å². The fourth-order valence-electron chi connectivity index (χ4n) is 4.11. The highest BCUT2D eigenvalue weighted by atomic mass is 127. The third-order valence-electron chi connectivity index (χ3n) is 5.62. The molecule has 11 heteroatoms. The van der Waals surface area contributed by atoms with Crippen LogP contribution in [0.3, 0.4) is 0 Å². The van der Waals surface area contributed by atoms with Crippen LogP contribution in [0, 0.1) is 3.57 Å². The van der Waals surface area contributed by atoms with E-state index in [0.29, 0.717) is 62.6 Å². The van der Waals surface area contributed by atoms with E-state index < -0.39 is 12.0 Å². The predicted molar refractivity (Wildman–Crippen MR) is 155 cm³/mol. The molecule has 2 heterocycles. The highest BCUT2D eigenvalue weighted by Gasteiger charge is 2.31.